The minimum absolute atomic E-state index is 0.0306. The number of rotatable bonds is 7. The second-order valence-corrected chi connectivity index (χ2v) is 8.05. The van der Waals surface area contributed by atoms with Gasteiger partial charge in [-0.15, -0.1) is 5.10 Å². The van der Waals surface area contributed by atoms with Crippen LogP contribution in [0.3, 0.4) is 0 Å². The second-order valence-electron chi connectivity index (χ2n) is 7.28. The summed E-state index contributed by atoms with van der Waals surface area (Å²) in [5.41, 5.74) is 2.50. The number of benzene rings is 2. The monoisotopic (exact) mass is 467 g/mol. The summed E-state index contributed by atoms with van der Waals surface area (Å²) in [6, 6.07) is 11.6. The Labute approximate surface area is 195 Å². The number of nitrogens with zero attached hydrogens (tertiary/aromatic N) is 3. The van der Waals surface area contributed by atoms with Gasteiger partial charge in [-0.3, -0.25) is 4.79 Å². The summed E-state index contributed by atoms with van der Waals surface area (Å²) in [6.07, 6.45) is 1.89. The van der Waals surface area contributed by atoms with Gasteiger partial charge in [-0.05, 0) is 62.1 Å². The normalized spacial score (nSPS) is 15.0. The first kappa shape index (κ1) is 22.5. The summed E-state index contributed by atoms with van der Waals surface area (Å²) >= 11 is 1.41. The summed E-state index contributed by atoms with van der Waals surface area (Å²) < 4.78 is 12.5. The molecule has 1 aliphatic rings. The van der Waals surface area contributed by atoms with Crippen molar-refractivity contribution in [1.29, 1.82) is 0 Å². The van der Waals surface area contributed by atoms with Gasteiger partial charge >= 0.3 is 0 Å². The van der Waals surface area contributed by atoms with Crippen LogP contribution in [0.15, 0.2) is 58.9 Å². The molecule has 4 rings (SSSR count). The Morgan fingerprint density at radius 1 is 1.27 bits per heavy atom. The number of phenols is 1. The molecule has 0 aliphatic carbocycles. The predicted octanol–water partition coefficient (Wildman–Crippen LogP) is 4.04. The number of hydrogen-bond acceptors (Lipinski definition) is 8. The zero-order chi connectivity index (χ0) is 23.5. The zero-order valence-corrected chi connectivity index (χ0v) is 19.6. The van der Waals surface area contributed by atoms with Gasteiger partial charge in [0.05, 0.1) is 19.3 Å². The second kappa shape index (κ2) is 9.45. The molecule has 33 heavy (non-hydrogen) atoms. The quantitative estimate of drug-likeness (QED) is 0.447. The van der Waals surface area contributed by atoms with Crippen LogP contribution in [0.2, 0.25) is 0 Å². The number of aromatic hydroxyl groups is 1. The molecular weight excluding hydrogens is 442 g/mol. The van der Waals surface area contributed by atoms with Crippen molar-refractivity contribution in [2.45, 2.75) is 25.0 Å². The number of fused-ring (bicyclic) bond motifs is 1. The topological polar surface area (TPSA) is 111 Å². The number of hydrogen-bond donors (Lipinski definition) is 3. The maximum atomic E-state index is 13.5. The van der Waals surface area contributed by atoms with Crippen molar-refractivity contribution >= 4 is 29.3 Å². The third-order valence-electron chi connectivity index (χ3n) is 5.21. The molecular formula is C23H25N5O4S. The zero-order valence-electron chi connectivity index (χ0n) is 18.7. The van der Waals surface area contributed by atoms with Crippen molar-refractivity contribution in [3.05, 3.63) is 59.3 Å². The smallest absolute Gasteiger partial charge is 0.255 e. The molecule has 2 heterocycles. The number of methoxy groups -OCH3 is 1. The molecule has 3 N–H and O–H groups in total. The molecule has 0 saturated heterocycles. The fraction of sp³-hybridized carbons (Fsp3) is 0.261. The lowest BCUT2D eigenvalue weighted by atomic mass is 9.94. The van der Waals surface area contributed by atoms with E-state index in [0.717, 1.165) is 5.56 Å². The number of carbonyl (C=O) groups excluding carboxylic acids is 1. The molecule has 0 saturated carbocycles. The molecule has 0 spiro atoms. The van der Waals surface area contributed by atoms with E-state index in [0.29, 0.717) is 46.2 Å². The number of anilines is 2. The summed E-state index contributed by atoms with van der Waals surface area (Å²) in [5.74, 6) is 1.32. The van der Waals surface area contributed by atoms with Crippen LogP contribution in [-0.2, 0) is 4.79 Å². The van der Waals surface area contributed by atoms with Gasteiger partial charge in [0.1, 0.15) is 11.8 Å². The van der Waals surface area contributed by atoms with Gasteiger partial charge in [-0.2, -0.15) is 4.98 Å². The lowest BCUT2D eigenvalue weighted by Crippen LogP contribution is -2.31. The van der Waals surface area contributed by atoms with Crippen molar-refractivity contribution < 1.29 is 19.4 Å². The van der Waals surface area contributed by atoms with Crippen LogP contribution in [0.4, 0.5) is 11.6 Å². The van der Waals surface area contributed by atoms with Gasteiger partial charge in [-0.1, -0.05) is 17.8 Å². The minimum atomic E-state index is -0.576. The molecule has 1 aliphatic heterocycles. The molecule has 2 aromatic carbocycles. The maximum absolute atomic E-state index is 13.5. The van der Waals surface area contributed by atoms with E-state index in [1.165, 1.54) is 11.8 Å². The van der Waals surface area contributed by atoms with Crippen LogP contribution in [-0.4, -0.2) is 45.8 Å². The number of ether oxygens (including phenoxy) is 2. The fourth-order valence-electron chi connectivity index (χ4n) is 3.66. The highest BCUT2D eigenvalue weighted by molar-refractivity contribution is 7.98. The first-order valence-electron chi connectivity index (χ1n) is 10.3. The molecule has 0 fully saturated rings. The highest BCUT2D eigenvalue weighted by atomic mass is 32.2. The largest absolute Gasteiger partial charge is 0.504 e. The van der Waals surface area contributed by atoms with Crippen LogP contribution >= 0.6 is 11.8 Å². The van der Waals surface area contributed by atoms with E-state index in [-0.39, 0.29) is 11.7 Å². The maximum Gasteiger partial charge on any atom is 0.255 e. The van der Waals surface area contributed by atoms with Gasteiger partial charge < -0.3 is 25.2 Å². The Morgan fingerprint density at radius 2 is 2.03 bits per heavy atom. The van der Waals surface area contributed by atoms with Crippen LogP contribution in [0.25, 0.3) is 0 Å². The van der Waals surface area contributed by atoms with Gasteiger partial charge in [0.25, 0.3) is 5.91 Å². The average Bonchev–Trinajstić information content (AvgIpc) is 3.23. The first-order chi connectivity index (χ1) is 15.9. The van der Waals surface area contributed by atoms with E-state index in [1.54, 1.807) is 54.3 Å². The Kier molecular flexibility index (Phi) is 6.45. The van der Waals surface area contributed by atoms with E-state index in [9.17, 15) is 9.90 Å². The first-order valence-corrected chi connectivity index (χ1v) is 11.6. The molecule has 1 unspecified atom stereocenters. The summed E-state index contributed by atoms with van der Waals surface area (Å²) in [4.78, 5) is 18.0. The van der Waals surface area contributed by atoms with Crippen molar-refractivity contribution in [2.75, 3.05) is 30.6 Å². The molecule has 9 nitrogen and oxygen atoms in total. The highest BCUT2D eigenvalue weighted by Crippen LogP contribution is 2.39. The van der Waals surface area contributed by atoms with Gasteiger partial charge in [0, 0.05) is 11.4 Å². The molecule has 3 aromatic rings. The van der Waals surface area contributed by atoms with E-state index in [2.05, 4.69) is 20.7 Å². The van der Waals surface area contributed by atoms with E-state index >= 15 is 0 Å². The van der Waals surface area contributed by atoms with Crippen molar-refractivity contribution in [2.24, 2.45) is 0 Å². The Morgan fingerprint density at radius 3 is 2.70 bits per heavy atom. The molecule has 10 heteroatoms. The summed E-state index contributed by atoms with van der Waals surface area (Å²) in [6.45, 7) is 4.07. The number of aromatic nitrogens is 3. The highest BCUT2D eigenvalue weighted by Gasteiger charge is 2.34. The lowest BCUT2D eigenvalue weighted by Gasteiger charge is -2.29. The van der Waals surface area contributed by atoms with E-state index < -0.39 is 6.04 Å². The number of phenolic OH excluding ortho intramolecular Hbond substituents is 1. The Hall–Kier alpha value is -3.66. The van der Waals surface area contributed by atoms with Crippen LogP contribution in [0.5, 0.6) is 17.2 Å². The number of thioether (sulfide) groups is 1. The number of carbonyl (C=O) groups is 1. The van der Waals surface area contributed by atoms with Crippen LogP contribution < -0.4 is 20.1 Å². The standard InChI is InChI=1S/C23H25N5O4S/c1-5-32-18-12-14(6-11-17(18)29)20-19(13(2)24-22-26-23(33-4)27-28(20)22)21(30)25-15-7-9-16(31-3)10-8-15/h6-12,20,29H,5H2,1-4H3,(H,25,30)(H,24,26,27). The predicted molar refractivity (Wildman–Crippen MR) is 127 cm³/mol. The van der Waals surface area contributed by atoms with Crippen molar-refractivity contribution in [3.63, 3.8) is 0 Å². The Bertz CT molecular complexity index is 1210. The van der Waals surface area contributed by atoms with Crippen LogP contribution in [0.1, 0.15) is 25.5 Å². The molecule has 1 amide bonds. The average molecular weight is 468 g/mol. The molecule has 1 aromatic heterocycles. The molecule has 0 bridgehead atoms. The van der Waals surface area contributed by atoms with Crippen molar-refractivity contribution in [1.82, 2.24) is 14.8 Å². The van der Waals surface area contributed by atoms with Gasteiger partial charge in [0.15, 0.2) is 11.5 Å². The third kappa shape index (κ3) is 4.47. The number of nitrogens with one attached hydrogen (secondary N) is 2. The van der Waals surface area contributed by atoms with E-state index in [1.807, 2.05) is 20.1 Å². The summed E-state index contributed by atoms with van der Waals surface area (Å²) in [7, 11) is 1.59. The fourth-order valence-corrected chi connectivity index (χ4v) is 4.01. The van der Waals surface area contributed by atoms with E-state index in [4.69, 9.17) is 9.47 Å². The Balaban J connectivity index is 1.77. The number of amides is 1. The SMILES string of the molecule is CCOc1cc(C2C(C(=O)Nc3ccc(OC)cc3)=C(C)Nc3nc(SC)nn32)ccc1O. The van der Waals surface area contributed by atoms with Crippen molar-refractivity contribution in [3.8, 4) is 17.2 Å². The third-order valence-corrected chi connectivity index (χ3v) is 5.75. The van der Waals surface area contributed by atoms with Gasteiger partial charge in [0.2, 0.25) is 11.1 Å². The minimum Gasteiger partial charge on any atom is -0.504 e. The van der Waals surface area contributed by atoms with Crippen LogP contribution in [0, 0.1) is 0 Å². The van der Waals surface area contributed by atoms with Gasteiger partial charge in [-0.25, -0.2) is 4.68 Å². The molecule has 1 atom stereocenters. The molecule has 172 valence electrons. The number of allylic oxidation sites excluding steroid dienone is 1. The molecule has 0 radical (unpaired) electrons. The lowest BCUT2D eigenvalue weighted by molar-refractivity contribution is -0.113. The summed E-state index contributed by atoms with van der Waals surface area (Å²) in [5, 5.41) is 21.5.